The number of methoxy groups -OCH3 is 1. The van der Waals surface area contributed by atoms with Crippen molar-refractivity contribution in [2.75, 3.05) is 56.7 Å². The van der Waals surface area contributed by atoms with Crippen molar-refractivity contribution in [2.45, 2.75) is 19.4 Å². The summed E-state index contributed by atoms with van der Waals surface area (Å²) in [6.45, 7) is 5.45. The topological polar surface area (TPSA) is 53.6 Å². The molecule has 138 valence electrons. The third kappa shape index (κ3) is 4.97. The van der Waals surface area contributed by atoms with Gasteiger partial charge >= 0.3 is 0 Å². The van der Waals surface area contributed by atoms with Crippen molar-refractivity contribution >= 4 is 23.4 Å². The van der Waals surface area contributed by atoms with Gasteiger partial charge in [0, 0.05) is 43.9 Å². The zero-order valence-electron chi connectivity index (χ0n) is 15.1. The average Bonchev–Trinajstić information content (AvgIpc) is 2.64. The van der Waals surface area contributed by atoms with Gasteiger partial charge in [-0.15, -0.1) is 0 Å². The molecule has 6 heteroatoms. The van der Waals surface area contributed by atoms with Crippen LogP contribution in [0.2, 0.25) is 0 Å². The van der Waals surface area contributed by atoms with Crippen molar-refractivity contribution in [2.24, 2.45) is 5.41 Å². The molecule has 0 atom stereocenters. The number of hydrogen-bond donors (Lipinski definition) is 2. The van der Waals surface area contributed by atoms with Crippen LogP contribution in [0.3, 0.4) is 0 Å². The first-order valence-electron chi connectivity index (χ1n) is 9.12. The second kappa shape index (κ2) is 9.03. The van der Waals surface area contributed by atoms with Crippen LogP contribution in [0.5, 0.6) is 0 Å². The van der Waals surface area contributed by atoms with Crippen LogP contribution in [0.15, 0.2) is 24.3 Å². The van der Waals surface area contributed by atoms with Crippen molar-refractivity contribution in [1.82, 2.24) is 10.2 Å². The van der Waals surface area contributed by atoms with Crippen molar-refractivity contribution in [3.63, 3.8) is 0 Å². The fourth-order valence-electron chi connectivity index (χ4n) is 3.65. The minimum absolute atomic E-state index is 0.0855. The lowest BCUT2D eigenvalue weighted by Crippen LogP contribution is -2.47. The molecular weight excluding hydrogens is 334 g/mol. The molecule has 0 radical (unpaired) electrons. The summed E-state index contributed by atoms with van der Waals surface area (Å²) in [4.78, 5) is 15.4. The van der Waals surface area contributed by atoms with E-state index in [1.165, 1.54) is 17.1 Å². The molecule has 2 saturated heterocycles. The van der Waals surface area contributed by atoms with E-state index in [9.17, 15) is 4.79 Å². The molecule has 25 heavy (non-hydrogen) atoms. The maximum absolute atomic E-state index is 12.9. The van der Waals surface area contributed by atoms with E-state index in [0.29, 0.717) is 6.61 Å². The molecule has 2 aliphatic heterocycles. The molecule has 1 amide bonds. The average molecular weight is 364 g/mol. The highest BCUT2D eigenvalue weighted by molar-refractivity contribution is 7.99. The zero-order chi connectivity index (χ0) is 17.5. The highest BCUT2D eigenvalue weighted by Gasteiger charge is 2.39. The molecule has 0 aliphatic carbocycles. The second-order valence-electron chi connectivity index (χ2n) is 7.01. The van der Waals surface area contributed by atoms with Crippen molar-refractivity contribution < 1.29 is 9.53 Å². The fraction of sp³-hybridized carbons (Fsp3) is 0.632. The fourth-order valence-corrected chi connectivity index (χ4v) is 4.63. The number of nitrogens with one attached hydrogen (secondary N) is 2. The summed E-state index contributed by atoms with van der Waals surface area (Å²) < 4.78 is 5.37. The van der Waals surface area contributed by atoms with Crippen LogP contribution in [0.25, 0.3) is 0 Å². The Morgan fingerprint density at radius 1 is 1.32 bits per heavy atom. The van der Waals surface area contributed by atoms with E-state index in [1.807, 2.05) is 23.9 Å². The van der Waals surface area contributed by atoms with Gasteiger partial charge in [-0.05, 0) is 43.6 Å². The van der Waals surface area contributed by atoms with Gasteiger partial charge in [0.2, 0.25) is 5.91 Å². The maximum Gasteiger partial charge on any atom is 0.233 e. The van der Waals surface area contributed by atoms with Gasteiger partial charge in [0.05, 0.1) is 12.0 Å². The van der Waals surface area contributed by atoms with Crippen molar-refractivity contribution in [3.05, 3.63) is 29.8 Å². The minimum atomic E-state index is -0.417. The molecule has 1 aromatic rings. The number of nitrogens with zero attached hydrogens (tertiary/aromatic N) is 1. The van der Waals surface area contributed by atoms with E-state index in [2.05, 4.69) is 27.7 Å². The van der Waals surface area contributed by atoms with E-state index in [0.717, 1.165) is 51.3 Å². The minimum Gasteiger partial charge on any atom is -0.384 e. The van der Waals surface area contributed by atoms with Gasteiger partial charge in [0.1, 0.15) is 0 Å². The summed E-state index contributed by atoms with van der Waals surface area (Å²) in [6, 6.07) is 8.28. The third-order valence-corrected chi connectivity index (χ3v) is 6.10. The van der Waals surface area contributed by atoms with Crippen LogP contribution in [0.1, 0.15) is 18.4 Å². The Morgan fingerprint density at radius 3 is 2.80 bits per heavy atom. The Balaban J connectivity index is 1.64. The molecular formula is C19H29N3O2S. The number of piperidine rings is 1. The SMILES string of the molecule is COCC1(C(=O)Nc2cccc(CN3CCSCC3)c2)CCNCC1. The van der Waals surface area contributed by atoms with Gasteiger partial charge in [-0.2, -0.15) is 11.8 Å². The predicted molar refractivity (Wildman–Crippen MR) is 104 cm³/mol. The van der Waals surface area contributed by atoms with Crippen molar-refractivity contribution in [3.8, 4) is 0 Å². The van der Waals surface area contributed by atoms with Crippen LogP contribution in [0, 0.1) is 5.41 Å². The molecule has 2 heterocycles. The molecule has 2 N–H and O–H groups in total. The first kappa shape index (κ1) is 18.7. The number of ether oxygens (including phenoxy) is 1. The number of carbonyl (C=O) groups is 1. The molecule has 3 rings (SSSR count). The van der Waals surface area contributed by atoms with Crippen LogP contribution in [-0.4, -0.2) is 62.2 Å². The molecule has 0 spiro atoms. The highest BCUT2D eigenvalue weighted by Crippen LogP contribution is 2.31. The quantitative estimate of drug-likeness (QED) is 0.811. The summed E-state index contributed by atoms with van der Waals surface area (Å²) >= 11 is 2.03. The molecule has 5 nitrogen and oxygen atoms in total. The number of amides is 1. The predicted octanol–water partition coefficient (Wildman–Crippen LogP) is 2.19. The summed E-state index contributed by atoms with van der Waals surface area (Å²) in [7, 11) is 1.68. The maximum atomic E-state index is 12.9. The van der Waals surface area contributed by atoms with Crippen LogP contribution in [-0.2, 0) is 16.1 Å². The Kier molecular flexibility index (Phi) is 6.76. The zero-order valence-corrected chi connectivity index (χ0v) is 15.9. The molecule has 0 aromatic heterocycles. The lowest BCUT2D eigenvalue weighted by Gasteiger charge is -2.35. The van der Waals surface area contributed by atoms with Gasteiger partial charge < -0.3 is 15.4 Å². The largest absolute Gasteiger partial charge is 0.384 e. The Hall–Kier alpha value is -1.08. The number of rotatable bonds is 6. The Labute approximate surface area is 154 Å². The number of anilines is 1. The Bertz CT molecular complexity index is 564. The standard InChI is InChI=1S/C19H29N3O2S/c1-24-15-19(5-7-20-8-6-19)18(23)21-17-4-2-3-16(13-17)14-22-9-11-25-12-10-22/h2-4,13,20H,5-12,14-15H2,1H3,(H,21,23). The first-order valence-corrected chi connectivity index (χ1v) is 10.3. The highest BCUT2D eigenvalue weighted by atomic mass is 32.2. The normalized spacial score (nSPS) is 21.0. The smallest absolute Gasteiger partial charge is 0.233 e. The van der Waals surface area contributed by atoms with Crippen LogP contribution >= 0.6 is 11.8 Å². The summed E-state index contributed by atoms with van der Waals surface area (Å²) in [5.74, 6) is 2.51. The van der Waals surface area contributed by atoms with E-state index < -0.39 is 5.41 Å². The molecule has 1 aromatic carbocycles. The van der Waals surface area contributed by atoms with E-state index in [4.69, 9.17) is 4.74 Å². The van der Waals surface area contributed by atoms with E-state index in [1.54, 1.807) is 7.11 Å². The van der Waals surface area contributed by atoms with Gasteiger partial charge in [0.25, 0.3) is 0 Å². The van der Waals surface area contributed by atoms with E-state index in [-0.39, 0.29) is 5.91 Å². The van der Waals surface area contributed by atoms with Crippen LogP contribution in [0.4, 0.5) is 5.69 Å². The third-order valence-electron chi connectivity index (χ3n) is 5.16. The number of benzene rings is 1. The van der Waals surface area contributed by atoms with Gasteiger partial charge in [0.15, 0.2) is 0 Å². The van der Waals surface area contributed by atoms with Gasteiger partial charge in [-0.3, -0.25) is 9.69 Å². The number of hydrogen-bond acceptors (Lipinski definition) is 5. The summed E-state index contributed by atoms with van der Waals surface area (Å²) in [5.41, 5.74) is 1.74. The number of carbonyl (C=O) groups excluding carboxylic acids is 1. The molecule has 0 bridgehead atoms. The molecule has 2 fully saturated rings. The monoisotopic (exact) mass is 363 g/mol. The van der Waals surface area contributed by atoms with E-state index >= 15 is 0 Å². The molecule has 2 aliphatic rings. The van der Waals surface area contributed by atoms with Crippen molar-refractivity contribution in [1.29, 1.82) is 0 Å². The second-order valence-corrected chi connectivity index (χ2v) is 8.23. The van der Waals surface area contributed by atoms with Crippen LogP contribution < -0.4 is 10.6 Å². The summed E-state index contributed by atoms with van der Waals surface area (Å²) in [5, 5.41) is 6.47. The van der Waals surface area contributed by atoms with Gasteiger partial charge in [-0.25, -0.2) is 0 Å². The molecule has 0 saturated carbocycles. The van der Waals surface area contributed by atoms with Gasteiger partial charge in [-0.1, -0.05) is 12.1 Å². The molecule has 0 unspecified atom stereocenters. The summed E-state index contributed by atoms with van der Waals surface area (Å²) in [6.07, 6.45) is 1.63. The Morgan fingerprint density at radius 2 is 2.08 bits per heavy atom. The first-order chi connectivity index (χ1) is 12.2. The lowest BCUT2D eigenvalue weighted by molar-refractivity contribution is -0.130. The number of thioether (sulfide) groups is 1. The lowest BCUT2D eigenvalue weighted by atomic mass is 9.78.